The minimum Gasteiger partial charge on any atom is -0.497 e. The van der Waals surface area contributed by atoms with E-state index in [9.17, 15) is 4.79 Å². The van der Waals surface area contributed by atoms with Gasteiger partial charge in [-0.25, -0.2) is 4.98 Å². The molecular weight excluding hydrogens is 356 g/mol. The number of nitrogens with zero attached hydrogens (tertiary/aromatic N) is 1. The van der Waals surface area contributed by atoms with Gasteiger partial charge in [-0.2, -0.15) is 0 Å². The molecule has 0 aliphatic rings. The molecule has 1 heterocycles. The Balaban J connectivity index is 1.62. The summed E-state index contributed by atoms with van der Waals surface area (Å²) in [4.78, 5) is 16.8. The quantitative estimate of drug-likeness (QED) is 0.654. The Bertz CT molecular complexity index is 907. The van der Waals surface area contributed by atoms with Crippen molar-refractivity contribution >= 4 is 22.4 Å². The standard InChI is InChI=1S/C22H24N2O2S/c1-22(2,3)17-9-5-15(6-10-17)13-20(25)24-21-23-19(14-27-21)16-7-11-18(26-4)12-8-16/h5-12,14H,13H2,1-4H3,(H,23,24,25). The third-order valence-corrected chi connectivity index (χ3v) is 5.08. The van der Waals surface area contributed by atoms with Gasteiger partial charge >= 0.3 is 0 Å². The Morgan fingerprint density at radius 1 is 1.07 bits per heavy atom. The number of ether oxygens (including phenoxy) is 1. The third kappa shape index (κ3) is 4.95. The van der Waals surface area contributed by atoms with Crippen LogP contribution < -0.4 is 10.1 Å². The number of carbonyl (C=O) groups is 1. The molecule has 1 N–H and O–H groups in total. The summed E-state index contributed by atoms with van der Waals surface area (Å²) in [6.45, 7) is 6.53. The van der Waals surface area contributed by atoms with Crippen molar-refractivity contribution in [2.75, 3.05) is 12.4 Å². The highest BCUT2D eigenvalue weighted by Gasteiger charge is 2.14. The van der Waals surface area contributed by atoms with Crippen molar-refractivity contribution in [2.24, 2.45) is 0 Å². The number of amides is 1. The monoisotopic (exact) mass is 380 g/mol. The van der Waals surface area contributed by atoms with Crippen molar-refractivity contribution in [1.29, 1.82) is 0 Å². The molecule has 0 saturated heterocycles. The average molecular weight is 381 g/mol. The first-order chi connectivity index (χ1) is 12.8. The van der Waals surface area contributed by atoms with Crippen molar-refractivity contribution in [2.45, 2.75) is 32.6 Å². The lowest BCUT2D eigenvalue weighted by Crippen LogP contribution is -2.15. The predicted octanol–water partition coefficient (Wildman–Crippen LogP) is 5.30. The molecule has 3 aromatic rings. The van der Waals surface area contributed by atoms with Crippen LogP contribution in [-0.4, -0.2) is 18.0 Å². The molecule has 0 unspecified atom stereocenters. The third-order valence-electron chi connectivity index (χ3n) is 4.32. The van der Waals surface area contributed by atoms with Crippen LogP contribution in [0.2, 0.25) is 0 Å². The SMILES string of the molecule is COc1ccc(-c2csc(NC(=O)Cc3ccc(C(C)(C)C)cc3)n2)cc1. The summed E-state index contributed by atoms with van der Waals surface area (Å²) in [5.74, 6) is 0.745. The van der Waals surface area contributed by atoms with Crippen LogP contribution in [0.25, 0.3) is 11.3 Å². The van der Waals surface area contributed by atoms with Gasteiger partial charge in [0, 0.05) is 10.9 Å². The van der Waals surface area contributed by atoms with Gasteiger partial charge in [-0.1, -0.05) is 45.0 Å². The van der Waals surface area contributed by atoms with Gasteiger partial charge < -0.3 is 10.1 Å². The van der Waals surface area contributed by atoms with E-state index < -0.39 is 0 Å². The van der Waals surface area contributed by atoms with Gasteiger partial charge in [0.15, 0.2) is 5.13 Å². The van der Waals surface area contributed by atoms with Crippen LogP contribution in [0.1, 0.15) is 31.9 Å². The lowest BCUT2D eigenvalue weighted by molar-refractivity contribution is -0.115. The summed E-state index contributed by atoms with van der Waals surface area (Å²) < 4.78 is 5.17. The Morgan fingerprint density at radius 3 is 2.33 bits per heavy atom. The normalized spacial score (nSPS) is 11.3. The molecule has 5 heteroatoms. The Hall–Kier alpha value is -2.66. The Labute approximate surface area is 164 Å². The number of anilines is 1. The summed E-state index contributed by atoms with van der Waals surface area (Å²) in [6.07, 6.45) is 0.335. The maximum absolute atomic E-state index is 12.3. The summed E-state index contributed by atoms with van der Waals surface area (Å²) in [6, 6.07) is 15.9. The number of methoxy groups -OCH3 is 1. The van der Waals surface area contributed by atoms with E-state index in [1.807, 2.05) is 41.8 Å². The summed E-state index contributed by atoms with van der Waals surface area (Å²) in [5.41, 5.74) is 4.19. The van der Waals surface area contributed by atoms with Gasteiger partial charge in [0.25, 0.3) is 0 Å². The number of thiazole rings is 1. The predicted molar refractivity (Wildman–Crippen MR) is 112 cm³/mol. The van der Waals surface area contributed by atoms with Crippen LogP contribution in [0, 0.1) is 0 Å². The van der Waals surface area contributed by atoms with E-state index in [2.05, 4.69) is 43.2 Å². The smallest absolute Gasteiger partial charge is 0.230 e. The molecule has 27 heavy (non-hydrogen) atoms. The van der Waals surface area contributed by atoms with Crippen LogP contribution in [0.15, 0.2) is 53.9 Å². The Kier molecular flexibility index (Phi) is 5.61. The van der Waals surface area contributed by atoms with E-state index >= 15 is 0 Å². The largest absolute Gasteiger partial charge is 0.497 e. The molecule has 3 rings (SSSR count). The number of hydrogen-bond acceptors (Lipinski definition) is 4. The number of rotatable bonds is 5. The maximum atomic E-state index is 12.3. The molecule has 0 radical (unpaired) electrons. The second kappa shape index (κ2) is 7.92. The molecule has 4 nitrogen and oxygen atoms in total. The molecule has 0 aliphatic heterocycles. The number of benzene rings is 2. The molecular formula is C22H24N2O2S. The van der Waals surface area contributed by atoms with Gasteiger partial charge in [0.2, 0.25) is 5.91 Å². The molecule has 0 saturated carbocycles. The fourth-order valence-corrected chi connectivity index (χ4v) is 3.43. The maximum Gasteiger partial charge on any atom is 0.230 e. The van der Waals surface area contributed by atoms with E-state index in [4.69, 9.17) is 4.74 Å². The number of nitrogens with one attached hydrogen (secondary N) is 1. The number of hydrogen-bond donors (Lipinski definition) is 1. The van der Waals surface area contributed by atoms with Gasteiger partial charge in [-0.05, 0) is 40.8 Å². The van der Waals surface area contributed by atoms with E-state index in [1.165, 1.54) is 16.9 Å². The molecule has 0 aliphatic carbocycles. The lowest BCUT2D eigenvalue weighted by Gasteiger charge is -2.19. The van der Waals surface area contributed by atoms with Crippen molar-refractivity contribution < 1.29 is 9.53 Å². The molecule has 2 aromatic carbocycles. The van der Waals surface area contributed by atoms with Crippen molar-refractivity contribution in [3.8, 4) is 17.0 Å². The van der Waals surface area contributed by atoms with Gasteiger partial charge in [0.05, 0.1) is 19.2 Å². The van der Waals surface area contributed by atoms with Crippen LogP contribution in [-0.2, 0) is 16.6 Å². The first-order valence-corrected chi connectivity index (χ1v) is 9.72. The van der Waals surface area contributed by atoms with E-state index in [0.29, 0.717) is 11.6 Å². The zero-order valence-electron chi connectivity index (χ0n) is 16.1. The number of carbonyl (C=O) groups excluding carboxylic acids is 1. The van der Waals surface area contributed by atoms with Crippen LogP contribution in [0.3, 0.4) is 0 Å². The van der Waals surface area contributed by atoms with Gasteiger partial charge in [-0.15, -0.1) is 11.3 Å². The van der Waals surface area contributed by atoms with Crippen LogP contribution in [0.5, 0.6) is 5.75 Å². The molecule has 0 bridgehead atoms. The number of aromatic nitrogens is 1. The fraction of sp³-hybridized carbons (Fsp3) is 0.273. The molecule has 140 valence electrons. The van der Waals surface area contributed by atoms with Crippen molar-refractivity contribution in [1.82, 2.24) is 4.98 Å². The second-order valence-electron chi connectivity index (χ2n) is 7.44. The van der Waals surface area contributed by atoms with E-state index in [0.717, 1.165) is 22.6 Å². The fourth-order valence-electron chi connectivity index (χ4n) is 2.70. The highest BCUT2D eigenvalue weighted by Crippen LogP contribution is 2.27. The molecule has 1 aromatic heterocycles. The molecule has 1 amide bonds. The minimum absolute atomic E-state index is 0.0610. The summed E-state index contributed by atoms with van der Waals surface area (Å²) >= 11 is 1.42. The summed E-state index contributed by atoms with van der Waals surface area (Å²) in [5, 5.41) is 5.44. The first-order valence-electron chi connectivity index (χ1n) is 8.84. The first kappa shape index (κ1) is 19.1. The molecule has 0 spiro atoms. The van der Waals surface area contributed by atoms with Crippen LogP contribution in [0.4, 0.5) is 5.13 Å². The average Bonchev–Trinajstić information content (AvgIpc) is 3.09. The van der Waals surface area contributed by atoms with Gasteiger partial charge in [-0.3, -0.25) is 4.79 Å². The van der Waals surface area contributed by atoms with E-state index in [1.54, 1.807) is 7.11 Å². The van der Waals surface area contributed by atoms with Crippen molar-refractivity contribution in [3.63, 3.8) is 0 Å². The zero-order valence-corrected chi connectivity index (χ0v) is 16.9. The van der Waals surface area contributed by atoms with Crippen molar-refractivity contribution in [3.05, 3.63) is 65.0 Å². The topological polar surface area (TPSA) is 51.2 Å². The Morgan fingerprint density at radius 2 is 1.74 bits per heavy atom. The van der Waals surface area contributed by atoms with Crippen LogP contribution >= 0.6 is 11.3 Å². The molecule has 0 fully saturated rings. The van der Waals surface area contributed by atoms with E-state index in [-0.39, 0.29) is 11.3 Å². The summed E-state index contributed by atoms with van der Waals surface area (Å²) in [7, 11) is 1.64. The lowest BCUT2D eigenvalue weighted by atomic mass is 9.86. The molecule has 0 atom stereocenters. The second-order valence-corrected chi connectivity index (χ2v) is 8.30. The van der Waals surface area contributed by atoms with Gasteiger partial charge in [0.1, 0.15) is 5.75 Å². The highest BCUT2D eigenvalue weighted by molar-refractivity contribution is 7.14. The highest BCUT2D eigenvalue weighted by atomic mass is 32.1. The zero-order chi connectivity index (χ0) is 19.4. The minimum atomic E-state index is -0.0610.